The fraction of sp³-hybridized carbons (Fsp3) is 0.588. The summed E-state index contributed by atoms with van der Waals surface area (Å²) < 4.78 is 13.7. The molecule has 1 aliphatic carbocycles. The van der Waals surface area contributed by atoms with Gasteiger partial charge in [-0.25, -0.2) is 9.18 Å². The number of nitrogens with zero attached hydrogens (tertiary/aromatic N) is 1. The van der Waals surface area contributed by atoms with Gasteiger partial charge in [-0.1, -0.05) is 18.9 Å². The van der Waals surface area contributed by atoms with Crippen LogP contribution in [0.2, 0.25) is 0 Å². The van der Waals surface area contributed by atoms with Gasteiger partial charge in [-0.05, 0) is 44.6 Å². The summed E-state index contributed by atoms with van der Waals surface area (Å²) in [6.45, 7) is 0.843. The van der Waals surface area contributed by atoms with E-state index in [0.29, 0.717) is 18.7 Å². The van der Waals surface area contributed by atoms with Crippen LogP contribution in [0.1, 0.15) is 36.8 Å². The Morgan fingerprint density at radius 1 is 1.35 bits per heavy atom. The molecule has 6 heteroatoms. The number of aliphatic hydroxyl groups is 1. The molecule has 1 aliphatic rings. The summed E-state index contributed by atoms with van der Waals surface area (Å²) >= 11 is 0. The van der Waals surface area contributed by atoms with Crippen LogP contribution >= 0.6 is 0 Å². The second-order valence-electron chi connectivity index (χ2n) is 6.45. The van der Waals surface area contributed by atoms with Gasteiger partial charge in [0, 0.05) is 18.7 Å². The van der Waals surface area contributed by atoms with Crippen molar-refractivity contribution in [2.75, 3.05) is 14.1 Å². The topological polar surface area (TPSA) is 64.6 Å². The third-order valence-electron chi connectivity index (χ3n) is 4.10. The minimum Gasteiger partial charge on any atom is -0.391 e. The molecule has 0 bridgehead atoms. The molecule has 23 heavy (non-hydrogen) atoms. The maximum atomic E-state index is 13.7. The van der Waals surface area contributed by atoms with Crippen LogP contribution in [0.3, 0.4) is 0 Å². The average molecular weight is 323 g/mol. The van der Waals surface area contributed by atoms with E-state index in [1.807, 2.05) is 19.0 Å². The van der Waals surface area contributed by atoms with Crippen molar-refractivity contribution in [2.45, 2.75) is 50.9 Å². The van der Waals surface area contributed by atoms with Gasteiger partial charge in [-0.15, -0.1) is 0 Å². The number of urea groups is 1. The van der Waals surface area contributed by atoms with E-state index in [1.54, 1.807) is 12.1 Å². The molecular weight excluding hydrogens is 297 g/mol. The third kappa shape index (κ3) is 5.48. The molecule has 0 aliphatic heterocycles. The molecule has 0 saturated heterocycles. The molecule has 2 rings (SSSR count). The van der Waals surface area contributed by atoms with Crippen molar-refractivity contribution in [3.8, 4) is 0 Å². The van der Waals surface area contributed by atoms with Crippen LogP contribution in [-0.2, 0) is 13.1 Å². The molecule has 128 valence electrons. The van der Waals surface area contributed by atoms with Crippen LogP contribution in [0.4, 0.5) is 9.18 Å². The number of carbonyl (C=O) groups excluding carboxylic acids is 1. The second kappa shape index (κ2) is 8.26. The van der Waals surface area contributed by atoms with Crippen molar-refractivity contribution in [2.24, 2.45) is 0 Å². The van der Waals surface area contributed by atoms with Crippen molar-refractivity contribution < 1.29 is 14.3 Å². The zero-order valence-electron chi connectivity index (χ0n) is 13.8. The molecule has 2 amide bonds. The molecule has 0 heterocycles. The van der Waals surface area contributed by atoms with Crippen LogP contribution < -0.4 is 10.6 Å². The first-order valence-corrected chi connectivity index (χ1v) is 8.10. The molecule has 0 aromatic heterocycles. The number of benzene rings is 1. The number of amides is 2. The molecule has 1 aromatic carbocycles. The first-order chi connectivity index (χ1) is 11.0. The Labute approximate surface area is 136 Å². The Balaban J connectivity index is 1.86. The van der Waals surface area contributed by atoms with Gasteiger partial charge in [0.2, 0.25) is 0 Å². The quantitative estimate of drug-likeness (QED) is 0.776. The van der Waals surface area contributed by atoms with Gasteiger partial charge in [0.25, 0.3) is 0 Å². The average Bonchev–Trinajstić information content (AvgIpc) is 2.50. The summed E-state index contributed by atoms with van der Waals surface area (Å²) in [6, 6.07) is 4.39. The summed E-state index contributed by atoms with van der Waals surface area (Å²) in [5, 5.41) is 15.4. The van der Waals surface area contributed by atoms with E-state index in [4.69, 9.17) is 0 Å². The molecule has 1 aromatic rings. The summed E-state index contributed by atoms with van der Waals surface area (Å²) in [4.78, 5) is 13.8. The molecule has 1 fully saturated rings. The minimum absolute atomic E-state index is 0.179. The Morgan fingerprint density at radius 3 is 2.78 bits per heavy atom. The predicted octanol–water partition coefficient (Wildman–Crippen LogP) is 1.99. The molecule has 2 atom stereocenters. The van der Waals surface area contributed by atoms with Gasteiger partial charge in [-0.3, -0.25) is 0 Å². The zero-order chi connectivity index (χ0) is 16.8. The summed E-state index contributed by atoms with van der Waals surface area (Å²) in [7, 11) is 3.76. The highest BCUT2D eigenvalue weighted by molar-refractivity contribution is 5.74. The fourth-order valence-corrected chi connectivity index (χ4v) is 2.88. The molecule has 0 spiro atoms. The Kier molecular flexibility index (Phi) is 6.36. The highest BCUT2D eigenvalue weighted by atomic mass is 19.1. The minimum atomic E-state index is -0.466. The van der Waals surface area contributed by atoms with Gasteiger partial charge in [0.1, 0.15) is 5.82 Å². The van der Waals surface area contributed by atoms with E-state index >= 15 is 0 Å². The molecule has 3 N–H and O–H groups in total. The number of hydrogen-bond donors (Lipinski definition) is 3. The number of aliphatic hydroxyl groups excluding tert-OH is 1. The molecular formula is C17H26FN3O2. The molecule has 1 saturated carbocycles. The monoisotopic (exact) mass is 323 g/mol. The lowest BCUT2D eigenvalue weighted by Gasteiger charge is -2.28. The molecule has 5 nitrogen and oxygen atoms in total. The summed E-state index contributed by atoms with van der Waals surface area (Å²) in [5.41, 5.74) is 1.46. The second-order valence-corrected chi connectivity index (χ2v) is 6.45. The zero-order valence-corrected chi connectivity index (χ0v) is 13.8. The highest BCUT2D eigenvalue weighted by Crippen LogP contribution is 2.18. The van der Waals surface area contributed by atoms with E-state index in [2.05, 4.69) is 10.6 Å². The maximum Gasteiger partial charge on any atom is 0.315 e. The highest BCUT2D eigenvalue weighted by Gasteiger charge is 2.24. The van der Waals surface area contributed by atoms with Crippen LogP contribution in [0.15, 0.2) is 18.2 Å². The van der Waals surface area contributed by atoms with E-state index in [1.165, 1.54) is 6.07 Å². The van der Waals surface area contributed by atoms with Gasteiger partial charge in [0.05, 0.1) is 12.1 Å². The van der Waals surface area contributed by atoms with Crippen LogP contribution in [-0.4, -0.2) is 42.3 Å². The number of halogens is 1. The molecule has 0 radical (unpaired) electrons. The SMILES string of the molecule is CN(C)Cc1cc(CNC(=O)NC2CCCCC2O)ccc1F. The first kappa shape index (κ1) is 17.7. The Morgan fingerprint density at radius 2 is 2.09 bits per heavy atom. The number of hydrogen-bond acceptors (Lipinski definition) is 3. The third-order valence-corrected chi connectivity index (χ3v) is 4.10. The number of rotatable bonds is 5. The largest absolute Gasteiger partial charge is 0.391 e. The lowest BCUT2D eigenvalue weighted by molar-refractivity contribution is 0.0943. The van der Waals surface area contributed by atoms with E-state index < -0.39 is 6.10 Å². The Bertz CT molecular complexity index is 537. The standard InChI is InChI=1S/C17H26FN3O2/c1-21(2)11-13-9-12(7-8-14(13)18)10-19-17(23)20-15-5-3-4-6-16(15)22/h7-9,15-16,22H,3-6,10-11H2,1-2H3,(H2,19,20,23). The van der Waals surface area contributed by atoms with E-state index in [9.17, 15) is 14.3 Å². The van der Waals surface area contributed by atoms with Crippen molar-refractivity contribution in [3.05, 3.63) is 35.1 Å². The van der Waals surface area contributed by atoms with Gasteiger partial charge < -0.3 is 20.6 Å². The Hall–Kier alpha value is -1.66. The number of nitrogens with one attached hydrogen (secondary N) is 2. The van der Waals surface area contributed by atoms with Gasteiger partial charge in [0.15, 0.2) is 0 Å². The predicted molar refractivity (Wildman–Crippen MR) is 87.4 cm³/mol. The van der Waals surface area contributed by atoms with Gasteiger partial charge in [-0.2, -0.15) is 0 Å². The van der Waals surface area contributed by atoms with E-state index in [0.717, 1.165) is 31.2 Å². The summed E-state index contributed by atoms with van der Waals surface area (Å²) in [6.07, 6.45) is 3.10. The van der Waals surface area contributed by atoms with Crippen molar-refractivity contribution >= 4 is 6.03 Å². The van der Waals surface area contributed by atoms with Crippen molar-refractivity contribution in [3.63, 3.8) is 0 Å². The van der Waals surface area contributed by atoms with Crippen LogP contribution in [0, 0.1) is 5.82 Å². The first-order valence-electron chi connectivity index (χ1n) is 8.10. The summed E-state index contributed by atoms with van der Waals surface area (Å²) in [5.74, 6) is -0.239. The lowest BCUT2D eigenvalue weighted by atomic mass is 9.93. The van der Waals surface area contributed by atoms with Crippen molar-refractivity contribution in [1.82, 2.24) is 15.5 Å². The van der Waals surface area contributed by atoms with Crippen LogP contribution in [0.5, 0.6) is 0 Å². The smallest absolute Gasteiger partial charge is 0.315 e. The lowest BCUT2D eigenvalue weighted by Crippen LogP contribution is -2.48. The van der Waals surface area contributed by atoms with Crippen molar-refractivity contribution in [1.29, 1.82) is 0 Å². The normalized spacial score (nSPS) is 21.3. The van der Waals surface area contributed by atoms with Gasteiger partial charge >= 0.3 is 6.03 Å². The van der Waals surface area contributed by atoms with E-state index in [-0.39, 0.29) is 17.9 Å². The molecule has 2 unspecified atom stereocenters. The maximum absolute atomic E-state index is 13.7. The van der Waals surface area contributed by atoms with Crippen LogP contribution in [0.25, 0.3) is 0 Å². The fourth-order valence-electron chi connectivity index (χ4n) is 2.88. The number of carbonyl (C=O) groups is 1.